The van der Waals surface area contributed by atoms with Crippen molar-refractivity contribution in [1.29, 1.82) is 0 Å². The van der Waals surface area contributed by atoms with E-state index >= 15 is 0 Å². The van der Waals surface area contributed by atoms with E-state index in [-0.39, 0.29) is 6.04 Å². The highest BCUT2D eigenvalue weighted by Crippen LogP contribution is 2.28. The van der Waals surface area contributed by atoms with E-state index < -0.39 is 6.10 Å². The monoisotopic (exact) mass is 311 g/mol. The first kappa shape index (κ1) is 13.8. The zero-order chi connectivity index (χ0) is 14.1. The third kappa shape index (κ3) is 2.53. The zero-order valence-corrected chi connectivity index (χ0v) is 12.5. The Morgan fingerprint density at radius 2 is 2.30 bits per heavy atom. The standard InChI is InChI=1S/C12H14ClN5OS/c1-2-5-20-12-14-10(13)9-11(15-12)18(17-16-9)7-3-4-8(19)6-7/h3-4,7-8,19H,2,5-6H2,1H3/t7-,8+/m0/s1. The van der Waals surface area contributed by atoms with E-state index in [0.717, 1.165) is 12.2 Å². The lowest BCUT2D eigenvalue weighted by Gasteiger charge is -2.09. The summed E-state index contributed by atoms with van der Waals surface area (Å²) in [7, 11) is 0. The summed E-state index contributed by atoms with van der Waals surface area (Å²) in [5.41, 5.74) is 1.12. The molecular formula is C12H14ClN5OS. The summed E-state index contributed by atoms with van der Waals surface area (Å²) in [5.74, 6) is 0.936. The summed E-state index contributed by atoms with van der Waals surface area (Å²) < 4.78 is 1.70. The molecule has 2 atom stereocenters. The van der Waals surface area contributed by atoms with Crippen LogP contribution in [0.15, 0.2) is 17.3 Å². The van der Waals surface area contributed by atoms with Gasteiger partial charge in [0.05, 0.1) is 12.1 Å². The van der Waals surface area contributed by atoms with Gasteiger partial charge in [-0.05, 0) is 6.42 Å². The van der Waals surface area contributed by atoms with E-state index in [1.807, 2.05) is 6.08 Å². The lowest BCUT2D eigenvalue weighted by atomic mass is 10.2. The summed E-state index contributed by atoms with van der Waals surface area (Å²) in [5, 5.41) is 18.7. The maximum Gasteiger partial charge on any atom is 0.191 e. The topological polar surface area (TPSA) is 76.7 Å². The van der Waals surface area contributed by atoms with Crippen LogP contribution in [-0.4, -0.2) is 41.9 Å². The van der Waals surface area contributed by atoms with Crippen LogP contribution in [0.3, 0.4) is 0 Å². The van der Waals surface area contributed by atoms with E-state index in [9.17, 15) is 5.11 Å². The van der Waals surface area contributed by atoms with Crippen molar-refractivity contribution >= 4 is 34.5 Å². The highest BCUT2D eigenvalue weighted by molar-refractivity contribution is 7.99. The van der Waals surface area contributed by atoms with Crippen LogP contribution in [0.4, 0.5) is 0 Å². The molecule has 0 radical (unpaired) electrons. The van der Waals surface area contributed by atoms with Crippen molar-refractivity contribution in [2.24, 2.45) is 0 Å². The van der Waals surface area contributed by atoms with Gasteiger partial charge in [-0.1, -0.05) is 47.7 Å². The normalized spacial score (nSPS) is 21.9. The largest absolute Gasteiger partial charge is 0.389 e. The fourth-order valence-electron chi connectivity index (χ4n) is 2.10. The van der Waals surface area contributed by atoms with Gasteiger partial charge in [0.25, 0.3) is 0 Å². The van der Waals surface area contributed by atoms with Crippen LogP contribution in [0.1, 0.15) is 25.8 Å². The van der Waals surface area contributed by atoms with E-state index in [4.69, 9.17) is 11.6 Å². The molecule has 2 heterocycles. The second kappa shape index (κ2) is 5.67. The highest BCUT2D eigenvalue weighted by atomic mass is 35.5. The van der Waals surface area contributed by atoms with Crippen LogP contribution < -0.4 is 0 Å². The number of halogens is 1. The number of hydrogen-bond acceptors (Lipinski definition) is 6. The molecule has 0 amide bonds. The molecule has 3 rings (SSSR count). The summed E-state index contributed by atoms with van der Waals surface area (Å²) in [6.07, 6.45) is 4.85. The summed E-state index contributed by atoms with van der Waals surface area (Å²) >= 11 is 7.70. The molecule has 1 aliphatic rings. The zero-order valence-electron chi connectivity index (χ0n) is 10.9. The molecule has 0 aliphatic heterocycles. The van der Waals surface area contributed by atoms with Crippen LogP contribution in [0.5, 0.6) is 0 Å². The quantitative estimate of drug-likeness (QED) is 0.404. The molecule has 2 aromatic rings. The van der Waals surface area contributed by atoms with Gasteiger partial charge in [-0.25, -0.2) is 14.6 Å². The van der Waals surface area contributed by atoms with Gasteiger partial charge in [0, 0.05) is 12.2 Å². The molecule has 2 aromatic heterocycles. The maximum absolute atomic E-state index is 9.58. The predicted molar refractivity (Wildman–Crippen MR) is 77.9 cm³/mol. The van der Waals surface area contributed by atoms with Gasteiger partial charge in [0.2, 0.25) is 0 Å². The number of aliphatic hydroxyl groups excluding tert-OH is 1. The van der Waals surface area contributed by atoms with Crippen LogP contribution >= 0.6 is 23.4 Å². The van der Waals surface area contributed by atoms with Crippen molar-refractivity contribution in [1.82, 2.24) is 25.0 Å². The van der Waals surface area contributed by atoms with Crippen molar-refractivity contribution in [3.63, 3.8) is 0 Å². The minimum Gasteiger partial charge on any atom is -0.389 e. The van der Waals surface area contributed by atoms with Crippen LogP contribution in [0.25, 0.3) is 11.2 Å². The molecule has 1 aliphatic carbocycles. The molecular weight excluding hydrogens is 298 g/mol. The average molecular weight is 312 g/mol. The van der Waals surface area contributed by atoms with E-state index in [2.05, 4.69) is 27.2 Å². The molecule has 0 saturated heterocycles. The Kier molecular flexibility index (Phi) is 3.91. The first-order valence-electron chi connectivity index (χ1n) is 6.46. The molecule has 0 spiro atoms. The first-order chi connectivity index (χ1) is 9.69. The Balaban J connectivity index is 2.01. The number of rotatable bonds is 4. The van der Waals surface area contributed by atoms with Crippen molar-refractivity contribution in [2.45, 2.75) is 37.1 Å². The predicted octanol–water partition coefficient (Wildman–Crippen LogP) is 2.24. The fourth-order valence-corrected chi connectivity index (χ4v) is 3.05. The van der Waals surface area contributed by atoms with Crippen LogP contribution in [0, 0.1) is 0 Å². The number of nitrogens with zero attached hydrogens (tertiary/aromatic N) is 5. The minimum absolute atomic E-state index is 0.0370. The summed E-state index contributed by atoms with van der Waals surface area (Å²) in [6, 6.07) is -0.0370. The molecule has 1 N–H and O–H groups in total. The molecule has 0 fully saturated rings. The molecule has 6 nitrogen and oxygen atoms in total. The lowest BCUT2D eigenvalue weighted by Crippen LogP contribution is -2.10. The molecule has 106 valence electrons. The molecule has 0 aromatic carbocycles. The summed E-state index contributed by atoms with van der Waals surface area (Å²) in [6.45, 7) is 2.10. The number of hydrogen-bond donors (Lipinski definition) is 1. The van der Waals surface area contributed by atoms with Gasteiger partial charge in [-0.2, -0.15) is 0 Å². The Morgan fingerprint density at radius 1 is 1.45 bits per heavy atom. The number of allylic oxidation sites excluding steroid dienone is 1. The van der Waals surface area contributed by atoms with Crippen LogP contribution in [0.2, 0.25) is 5.15 Å². The Labute approximate surface area is 125 Å². The van der Waals surface area contributed by atoms with Gasteiger partial charge < -0.3 is 5.11 Å². The van der Waals surface area contributed by atoms with Crippen LogP contribution in [-0.2, 0) is 0 Å². The van der Waals surface area contributed by atoms with E-state index in [1.54, 1.807) is 22.5 Å². The molecule has 0 unspecified atom stereocenters. The van der Waals surface area contributed by atoms with Gasteiger partial charge in [-0.3, -0.25) is 0 Å². The number of fused-ring (bicyclic) bond motifs is 1. The molecule has 20 heavy (non-hydrogen) atoms. The van der Waals surface area contributed by atoms with E-state index in [0.29, 0.717) is 27.9 Å². The van der Waals surface area contributed by atoms with Gasteiger partial charge >= 0.3 is 0 Å². The van der Waals surface area contributed by atoms with Crippen molar-refractivity contribution in [2.75, 3.05) is 5.75 Å². The molecule has 8 heteroatoms. The number of aliphatic hydroxyl groups is 1. The maximum atomic E-state index is 9.58. The third-order valence-corrected chi connectivity index (χ3v) is 4.37. The average Bonchev–Trinajstić information content (AvgIpc) is 3.02. The Bertz CT molecular complexity index is 659. The van der Waals surface area contributed by atoms with Crippen molar-refractivity contribution < 1.29 is 5.11 Å². The Hall–Kier alpha value is -1.18. The van der Waals surface area contributed by atoms with Crippen molar-refractivity contribution in [3.05, 3.63) is 17.3 Å². The number of thioether (sulfide) groups is 1. The molecule has 0 saturated carbocycles. The SMILES string of the molecule is CCCSc1nc(Cl)c2nnn([C@H]3C=C[C@@H](O)C3)c2n1. The second-order valence-corrected chi connectivity index (χ2v) is 6.03. The van der Waals surface area contributed by atoms with Gasteiger partial charge in [0.15, 0.2) is 21.5 Å². The molecule has 0 bridgehead atoms. The second-order valence-electron chi connectivity index (χ2n) is 4.61. The van der Waals surface area contributed by atoms with Gasteiger partial charge in [0.1, 0.15) is 0 Å². The number of aromatic nitrogens is 5. The lowest BCUT2D eigenvalue weighted by molar-refractivity contribution is 0.208. The van der Waals surface area contributed by atoms with E-state index in [1.165, 1.54) is 0 Å². The fraction of sp³-hybridized carbons (Fsp3) is 0.500. The summed E-state index contributed by atoms with van der Waals surface area (Å²) in [4.78, 5) is 8.72. The third-order valence-electron chi connectivity index (χ3n) is 3.05. The Morgan fingerprint density at radius 3 is 3.00 bits per heavy atom. The highest BCUT2D eigenvalue weighted by Gasteiger charge is 2.23. The first-order valence-corrected chi connectivity index (χ1v) is 7.83. The van der Waals surface area contributed by atoms with Gasteiger partial charge in [-0.15, -0.1) is 5.10 Å². The minimum atomic E-state index is -0.439. The van der Waals surface area contributed by atoms with Crippen molar-refractivity contribution in [3.8, 4) is 0 Å². The smallest absolute Gasteiger partial charge is 0.191 e.